The fourth-order valence-electron chi connectivity index (χ4n) is 3.27. The van der Waals surface area contributed by atoms with Gasteiger partial charge in [-0.2, -0.15) is 0 Å². The number of carbonyl (C=O) groups excluding carboxylic acids is 3. The molecule has 0 atom stereocenters. The quantitative estimate of drug-likeness (QED) is 0.506. The zero-order valence-corrected chi connectivity index (χ0v) is 16.3. The van der Waals surface area contributed by atoms with Crippen molar-refractivity contribution in [2.24, 2.45) is 0 Å². The number of benzene rings is 2. The fourth-order valence-corrected chi connectivity index (χ4v) is 3.27. The molecule has 0 saturated carbocycles. The average Bonchev–Trinajstić information content (AvgIpc) is 3.29. The predicted molar refractivity (Wildman–Crippen MR) is 107 cm³/mol. The molecule has 1 aliphatic rings. The van der Waals surface area contributed by atoms with Gasteiger partial charge < -0.3 is 19.6 Å². The molecule has 1 saturated heterocycles. The Labute approximate surface area is 176 Å². The Bertz CT molecular complexity index is 1230. The molecule has 0 spiro atoms. The van der Waals surface area contributed by atoms with Gasteiger partial charge in [-0.05, 0) is 53.9 Å². The van der Waals surface area contributed by atoms with Gasteiger partial charge >= 0.3 is 6.03 Å². The minimum Gasteiger partial charge on any atom is -0.545 e. The second-order valence-corrected chi connectivity index (χ2v) is 7.03. The highest BCUT2D eigenvalue weighted by molar-refractivity contribution is 6.13. The molecule has 0 aliphatic carbocycles. The van der Waals surface area contributed by atoms with Crippen molar-refractivity contribution in [2.45, 2.75) is 13.5 Å². The van der Waals surface area contributed by atoms with E-state index in [4.69, 9.17) is 4.42 Å². The molecule has 3 aromatic rings. The Morgan fingerprint density at radius 3 is 2.55 bits per heavy atom. The first kappa shape index (κ1) is 20.1. The number of furan rings is 1. The number of nitrogens with zero attached hydrogens (tertiary/aromatic N) is 1. The molecule has 1 aliphatic heterocycles. The summed E-state index contributed by atoms with van der Waals surface area (Å²) in [7, 11) is 0. The number of aryl methyl sites for hydroxylation is 1. The second-order valence-electron chi connectivity index (χ2n) is 7.03. The van der Waals surface area contributed by atoms with Crippen molar-refractivity contribution in [1.29, 1.82) is 0 Å². The minimum absolute atomic E-state index is 0.00959. The van der Waals surface area contributed by atoms with Crippen LogP contribution in [0.3, 0.4) is 0 Å². The van der Waals surface area contributed by atoms with Crippen molar-refractivity contribution >= 4 is 24.0 Å². The first-order chi connectivity index (χ1) is 14.8. The molecule has 2 aromatic carbocycles. The lowest BCUT2D eigenvalue weighted by molar-refractivity contribution is -0.255. The summed E-state index contributed by atoms with van der Waals surface area (Å²) in [4.78, 5) is 36.8. The highest BCUT2D eigenvalue weighted by Crippen LogP contribution is 2.27. The van der Waals surface area contributed by atoms with Crippen molar-refractivity contribution in [3.63, 3.8) is 0 Å². The van der Waals surface area contributed by atoms with E-state index in [2.05, 4.69) is 5.32 Å². The van der Waals surface area contributed by atoms with Crippen molar-refractivity contribution in [1.82, 2.24) is 10.2 Å². The standard InChI is InChI=1S/C23H17FN2O5/c1-13-10-15(22(28)29)4-8-18(13)20-9-7-17(31-20)11-19-21(27)26(23(30)25-19)12-14-2-5-16(24)6-3-14/h2-11H,12H2,1H3,(H,25,30)(H,28,29)/p-1. The number of urea groups is 1. The Balaban J connectivity index is 1.54. The van der Waals surface area contributed by atoms with E-state index >= 15 is 0 Å². The summed E-state index contributed by atoms with van der Waals surface area (Å²) < 4.78 is 18.8. The van der Waals surface area contributed by atoms with Gasteiger partial charge in [-0.3, -0.25) is 9.69 Å². The van der Waals surface area contributed by atoms with Crippen molar-refractivity contribution in [2.75, 3.05) is 0 Å². The van der Waals surface area contributed by atoms with E-state index in [0.717, 1.165) is 4.90 Å². The molecule has 0 unspecified atom stereocenters. The molecular weight excluding hydrogens is 403 g/mol. The van der Waals surface area contributed by atoms with Crippen LogP contribution in [0.4, 0.5) is 9.18 Å². The molecule has 8 heteroatoms. The monoisotopic (exact) mass is 419 g/mol. The molecule has 31 heavy (non-hydrogen) atoms. The topological polar surface area (TPSA) is 103 Å². The maximum Gasteiger partial charge on any atom is 0.329 e. The Hall–Kier alpha value is -4.20. The van der Waals surface area contributed by atoms with Crippen LogP contribution in [0.25, 0.3) is 17.4 Å². The van der Waals surface area contributed by atoms with Gasteiger partial charge in [-0.15, -0.1) is 0 Å². The number of aromatic carboxylic acids is 1. The van der Waals surface area contributed by atoms with Gasteiger partial charge in [0, 0.05) is 11.6 Å². The summed E-state index contributed by atoms with van der Waals surface area (Å²) in [6.45, 7) is 1.76. The van der Waals surface area contributed by atoms with Gasteiger partial charge in [0.2, 0.25) is 0 Å². The fraction of sp³-hybridized carbons (Fsp3) is 0.0870. The lowest BCUT2D eigenvalue weighted by Gasteiger charge is -2.11. The summed E-state index contributed by atoms with van der Waals surface area (Å²) in [6, 6.07) is 12.8. The van der Waals surface area contributed by atoms with Gasteiger partial charge in [0.25, 0.3) is 5.91 Å². The number of carbonyl (C=O) groups is 3. The maximum absolute atomic E-state index is 13.1. The molecule has 0 bridgehead atoms. The van der Waals surface area contributed by atoms with E-state index < -0.39 is 23.7 Å². The molecule has 3 amide bonds. The number of nitrogens with one attached hydrogen (secondary N) is 1. The van der Waals surface area contributed by atoms with Crippen LogP contribution < -0.4 is 10.4 Å². The van der Waals surface area contributed by atoms with Gasteiger partial charge in [-0.1, -0.05) is 24.3 Å². The number of imide groups is 1. The van der Waals surface area contributed by atoms with Crippen LogP contribution in [0.2, 0.25) is 0 Å². The van der Waals surface area contributed by atoms with Crippen LogP contribution in [0, 0.1) is 12.7 Å². The number of halogens is 1. The van der Waals surface area contributed by atoms with Crippen LogP contribution in [-0.2, 0) is 11.3 Å². The van der Waals surface area contributed by atoms with E-state index in [9.17, 15) is 23.9 Å². The minimum atomic E-state index is -1.26. The third-order valence-electron chi connectivity index (χ3n) is 4.86. The number of carboxylic acid groups (broad SMARTS) is 1. The summed E-state index contributed by atoms with van der Waals surface area (Å²) in [5, 5.41) is 13.5. The Morgan fingerprint density at radius 1 is 1.13 bits per heavy atom. The average molecular weight is 419 g/mol. The summed E-state index contributed by atoms with van der Waals surface area (Å²) in [5.74, 6) is -1.37. The van der Waals surface area contributed by atoms with Gasteiger partial charge in [0.05, 0.1) is 12.5 Å². The van der Waals surface area contributed by atoms with E-state index in [0.29, 0.717) is 28.2 Å². The van der Waals surface area contributed by atoms with Crippen molar-refractivity contribution in [3.05, 3.63) is 88.6 Å². The van der Waals surface area contributed by atoms with E-state index in [-0.39, 0.29) is 17.8 Å². The second kappa shape index (κ2) is 7.91. The Kier molecular flexibility index (Phi) is 5.12. The lowest BCUT2D eigenvalue weighted by Crippen LogP contribution is -2.30. The zero-order chi connectivity index (χ0) is 22.1. The largest absolute Gasteiger partial charge is 0.545 e. The molecule has 2 heterocycles. The lowest BCUT2D eigenvalue weighted by atomic mass is 10.0. The van der Waals surface area contributed by atoms with E-state index in [1.165, 1.54) is 42.5 Å². The molecule has 0 radical (unpaired) electrons. The summed E-state index contributed by atoms with van der Waals surface area (Å²) in [6.07, 6.45) is 1.42. The number of rotatable bonds is 5. The normalized spacial score (nSPS) is 14.9. The highest BCUT2D eigenvalue weighted by atomic mass is 19.1. The van der Waals surface area contributed by atoms with Gasteiger partial charge in [0.15, 0.2) is 0 Å². The third kappa shape index (κ3) is 4.09. The van der Waals surface area contributed by atoms with E-state index in [1.807, 2.05) is 0 Å². The summed E-state index contributed by atoms with van der Waals surface area (Å²) in [5.41, 5.74) is 2.11. The Morgan fingerprint density at radius 2 is 1.87 bits per heavy atom. The smallest absolute Gasteiger partial charge is 0.329 e. The first-order valence-corrected chi connectivity index (χ1v) is 9.33. The van der Waals surface area contributed by atoms with Crippen LogP contribution in [-0.4, -0.2) is 22.8 Å². The zero-order valence-electron chi connectivity index (χ0n) is 16.3. The number of hydrogen-bond acceptors (Lipinski definition) is 5. The van der Waals surface area contributed by atoms with Crippen molar-refractivity contribution in [3.8, 4) is 11.3 Å². The first-order valence-electron chi connectivity index (χ1n) is 9.33. The molecule has 1 fully saturated rings. The molecular formula is C23H16FN2O5-. The van der Waals surface area contributed by atoms with Crippen LogP contribution in [0.15, 0.2) is 64.7 Å². The molecule has 1 aromatic heterocycles. The predicted octanol–water partition coefficient (Wildman–Crippen LogP) is 2.85. The maximum atomic E-state index is 13.1. The van der Waals surface area contributed by atoms with Crippen LogP contribution in [0.1, 0.15) is 27.2 Å². The van der Waals surface area contributed by atoms with E-state index in [1.54, 1.807) is 25.1 Å². The number of amides is 3. The van der Waals surface area contributed by atoms with Gasteiger partial charge in [0.1, 0.15) is 23.0 Å². The van der Waals surface area contributed by atoms with Crippen molar-refractivity contribution < 1.29 is 28.3 Å². The molecule has 1 N–H and O–H groups in total. The molecule has 4 rings (SSSR count). The van der Waals surface area contributed by atoms with Crippen LogP contribution >= 0.6 is 0 Å². The van der Waals surface area contributed by atoms with Crippen LogP contribution in [0.5, 0.6) is 0 Å². The number of hydrogen-bond donors (Lipinski definition) is 1. The highest BCUT2D eigenvalue weighted by Gasteiger charge is 2.33. The summed E-state index contributed by atoms with van der Waals surface area (Å²) >= 11 is 0. The number of carboxylic acids is 1. The van der Waals surface area contributed by atoms with Gasteiger partial charge in [-0.25, -0.2) is 9.18 Å². The molecule has 156 valence electrons. The third-order valence-corrected chi connectivity index (χ3v) is 4.86. The SMILES string of the molecule is Cc1cc(C(=O)[O-])ccc1-c1ccc(C=C2NC(=O)N(Cc3ccc(F)cc3)C2=O)o1. The molecule has 7 nitrogen and oxygen atoms in total.